The highest BCUT2D eigenvalue weighted by molar-refractivity contribution is 4.81. The van der Waals surface area contributed by atoms with Crippen molar-refractivity contribution in [2.45, 2.75) is 52.2 Å². The van der Waals surface area contributed by atoms with Gasteiger partial charge in [-0.2, -0.15) is 0 Å². The van der Waals surface area contributed by atoms with Crippen molar-refractivity contribution in [3.63, 3.8) is 0 Å². The number of hydrogen-bond donors (Lipinski definition) is 1. The third kappa shape index (κ3) is 2.68. The maximum Gasteiger partial charge on any atom is 0.0611 e. The van der Waals surface area contributed by atoms with Gasteiger partial charge in [0.2, 0.25) is 0 Å². The molecule has 4 atom stereocenters. The second-order valence-electron chi connectivity index (χ2n) is 4.27. The van der Waals surface area contributed by atoms with Crippen molar-refractivity contribution in [3.8, 4) is 0 Å². The van der Waals surface area contributed by atoms with Crippen molar-refractivity contribution in [1.29, 1.82) is 0 Å². The number of ether oxygens (including phenoxy) is 1. The van der Waals surface area contributed by atoms with E-state index in [-0.39, 0.29) is 0 Å². The molecule has 0 amide bonds. The molecule has 1 heterocycles. The molecule has 1 saturated heterocycles. The van der Waals surface area contributed by atoms with Crippen LogP contribution in [0.15, 0.2) is 0 Å². The van der Waals surface area contributed by atoms with Crippen molar-refractivity contribution < 1.29 is 9.84 Å². The summed E-state index contributed by atoms with van der Waals surface area (Å²) in [5.74, 6) is 1.23. The molecule has 1 fully saturated rings. The number of rotatable bonds is 4. The van der Waals surface area contributed by atoms with Crippen LogP contribution in [0, 0.1) is 11.8 Å². The molecule has 1 aliphatic rings. The first-order chi connectivity index (χ1) is 6.19. The SMILES string of the molecule is CCC(CCO)C1CC(C)C(C)O1. The van der Waals surface area contributed by atoms with E-state index in [1.807, 2.05) is 0 Å². The summed E-state index contributed by atoms with van der Waals surface area (Å²) in [4.78, 5) is 0. The maximum absolute atomic E-state index is 8.90. The Morgan fingerprint density at radius 1 is 1.46 bits per heavy atom. The molecule has 13 heavy (non-hydrogen) atoms. The van der Waals surface area contributed by atoms with Gasteiger partial charge in [0.15, 0.2) is 0 Å². The van der Waals surface area contributed by atoms with Gasteiger partial charge < -0.3 is 9.84 Å². The number of aliphatic hydroxyl groups excluding tert-OH is 1. The van der Waals surface area contributed by atoms with Crippen LogP contribution in [0.1, 0.15) is 40.0 Å². The van der Waals surface area contributed by atoms with E-state index in [1.54, 1.807) is 0 Å². The fourth-order valence-corrected chi connectivity index (χ4v) is 2.15. The van der Waals surface area contributed by atoms with Crippen LogP contribution in [0.25, 0.3) is 0 Å². The van der Waals surface area contributed by atoms with Gasteiger partial charge in [-0.05, 0) is 31.6 Å². The van der Waals surface area contributed by atoms with E-state index in [0.717, 1.165) is 12.8 Å². The molecule has 0 aromatic rings. The quantitative estimate of drug-likeness (QED) is 0.729. The van der Waals surface area contributed by atoms with Crippen LogP contribution in [-0.2, 0) is 4.74 Å². The zero-order valence-corrected chi connectivity index (χ0v) is 8.99. The van der Waals surface area contributed by atoms with Crippen LogP contribution in [0.2, 0.25) is 0 Å². The van der Waals surface area contributed by atoms with Crippen molar-refractivity contribution in [2.24, 2.45) is 11.8 Å². The Morgan fingerprint density at radius 3 is 2.54 bits per heavy atom. The largest absolute Gasteiger partial charge is 0.396 e. The molecule has 0 spiro atoms. The summed E-state index contributed by atoms with van der Waals surface area (Å²) in [6.07, 6.45) is 3.96. The molecule has 1 rings (SSSR count). The van der Waals surface area contributed by atoms with E-state index in [1.165, 1.54) is 6.42 Å². The van der Waals surface area contributed by atoms with Gasteiger partial charge in [-0.15, -0.1) is 0 Å². The van der Waals surface area contributed by atoms with E-state index in [2.05, 4.69) is 20.8 Å². The van der Waals surface area contributed by atoms with Crippen LogP contribution >= 0.6 is 0 Å². The first-order valence-corrected chi connectivity index (χ1v) is 5.45. The Labute approximate surface area is 81.3 Å². The van der Waals surface area contributed by atoms with E-state index in [0.29, 0.717) is 30.7 Å². The van der Waals surface area contributed by atoms with Gasteiger partial charge in [-0.25, -0.2) is 0 Å². The van der Waals surface area contributed by atoms with Crippen molar-refractivity contribution in [3.05, 3.63) is 0 Å². The molecule has 78 valence electrons. The molecule has 4 unspecified atom stereocenters. The van der Waals surface area contributed by atoms with Crippen LogP contribution in [0.4, 0.5) is 0 Å². The van der Waals surface area contributed by atoms with E-state index in [9.17, 15) is 0 Å². The zero-order chi connectivity index (χ0) is 9.84. The molecule has 0 aromatic carbocycles. The number of aliphatic hydroxyl groups is 1. The van der Waals surface area contributed by atoms with E-state index in [4.69, 9.17) is 9.84 Å². The minimum Gasteiger partial charge on any atom is -0.396 e. The molecule has 0 saturated carbocycles. The molecule has 0 aromatic heterocycles. The first-order valence-electron chi connectivity index (χ1n) is 5.45. The van der Waals surface area contributed by atoms with Gasteiger partial charge in [-0.3, -0.25) is 0 Å². The van der Waals surface area contributed by atoms with Gasteiger partial charge in [-0.1, -0.05) is 20.3 Å². The molecule has 0 bridgehead atoms. The topological polar surface area (TPSA) is 29.5 Å². The summed E-state index contributed by atoms with van der Waals surface area (Å²) < 4.78 is 5.87. The summed E-state index contributed by atoms with van der Waals surface area (Å²) in [6, 6.07) is 0. The molecule has 1 N–H and O–H groups in total. The van der Waals surface area contributed by atoms with Crippen LogP contribution < -0.4 is 0 Å². The lowest BCUT2D eigenvalue weighted by molar-refractivity contribution is 0.00636. The minimum absolute atomic E-state index is 0.293. The third-order valence-corrected chi connectivity index (χ3v) is 3.34. The van der Waals surface area contributed by atoms with Crippen molar-refractivity contribution in [2.75, 3.05) is 6.61 Å². The van der Waals surface area contributed by atoms with Gasteiger partial charge >= 0.3 is 0 Å². The zero-order valence-electron chi connectivity index (χ0n) is 8.99. The van der Waals surface area contributed by atoms with Gasteiger partial charge in [0.05, 0.1) is 12.2 Å². The lowest BCUT2D eigenvalue weighted by Crippen LogP contribution is -2.21. The molecule has 0 aliphatic carbocycles. The van der Waals surface area contributed by atoms with Gasteiger partial charge in [0.1, 0.15) is 0 Å². The Morgan fingerprint density at radius 2 is 2.15 bits per heavy atom. The second kappa shape index (κ2) is 4.97. The molecular formula is C11H22O2. The van der Waals surface area contributed by atoms with Crippen LogP contribution in [0.3, 0.4) is 0 Å². The summed E-state index contributed by atoms with van der Waals surface area (Å²) >= 11 is 0. The van der Waals surface area contributed by atoms with Gasteiger partial charge in [0, 0.05) is 6.61 Å². The first kappa shape index (κ1) is 11.0. The van der Waals surface area contributed by atoms with Gasteiger partial charge in [0.25, 0.3) is 0 Å². The Bertz CT molecular complexity index is 137. The summed E-state index contributed by atoms with van der Waals surface area (Å²) in [7, 11) is 0. The Kier molecular flexibility index (Phi) is 4.20. The average Bonchev–Trinajstić information content (AvgIpc) is 2.43. The fraction of sp³-hybridized carbons (Fsp3) is 1.00. The third-order valence-electron chi connectivity index (χ3n) is 3.34. The predicted octanol–water partition coefficient (Wildman–Crippen LogP) is 2.21. The van der Waals surface area contributed by atoms with Crippen molar-refractivity contribution in [1.82, 2.24) is 0 Å². The van der Waals surface area contributed by atoms with Crippen molar-refractivity contribution >= 4 is 0 Å². The minimum atomic E-state index is 0.293. The lowest BCUT2D eigenvalue weighted by Gasteiger charge is -2.21. The molecule has 0 radical (unpaired) electrons. The highest BCUT2D eigenvalue weighted by Gasteiger charge is 2.33. The second-order valence-corrected chi connectivity index (χ2v) is 4.27. The predicted molar refractivity (Wildman–Crippen MR) is 53.6 cm³/mol. The smallest absolute Gasteiger partial charge is 0.0611 e. The standard InChI is InChI=1S/C11H22O2/c1-4-10(5-6-12)11-7-8(2)9(3)13-11/h8-12H,4-7H2,1-3H3. The van der Waals surface area contributed by atoms with Crippen LogP contribution in [-0.4, -0.2) is 23.9 Å². The molecule has 1 aliphatic heterocycles. The molecule has 2 nitrogen and oxygen atoms in total. The monoisotopic (exact) mass is 186 g/mol. The molecular weight excluding hydrogens is 164 g/mol. The van der Waals surface area contributed by atoms with Crippen LogP contribution in [0.5, 0.6) is 0 Å². The highest BCUT2D eigenvalue weighted by atomic mass is 16.5. The summed E-state index contributed by atoms with van der Waals surface area (Å²) in [5.41, 5.74) is 0. The average molecular weight is 186 g/mol. The summed E-state index contributed by atoms with van der Waals surface area (Å²) in [5, 5.41) is 8.90. The maximum atomic E-state index is 8.90. The highest BCUT2D eigenvalue weighted by Crippen LogP contribution is 2.32. The Hall–Kier alpha value is -0.0800. The Balaban J connectivity index is 2.42. The van der Waals surface area contributed by atoms with E-state index >= 15 is 0 Å². The number of hydrogen-bond acceptors (Lipinski definition) is 2. The summed E-state index contributed by atoms with van der Waals surface area (Å²) in [6.45, 7) is 6.87. The normalized spacial score (nSPS) is 36.5. The van der Waals surface area contributed by atoms with E-state index < -0.39 is 0 Å². The fourth-order valence-electron chi connectivity index (χ4n) is 2.15. The lowest BCUT2D eigenvalue weighted by atomic mass is 9.91. The molecule has 2 heteroatoms.